The maximum atomic E-state index is 6.08. The second kappa shape index (κ2) is 6.30. The van der Waals surface area contributed by atoms with Crippen molar-refractivity contribution in [2.75, 3.05) is 7.11 Å². The maximum absolute atomic E-state index is 6.08. The van der Waals surface area contributed by atoms with Crippen LogP contribution in [0.2, 0.25) is 5.15 Å². The van der Waals surface area contributed by atoms with Gasteiger partial charge < -0.3 is 4.74 Å². The van der Waals surface area contributed by atoms with Crippen LogP contribution in [-0.4, -0.2) is 22.1 Å². The smallest absolute Gasteiger partial charge is 0.212 e. The molecule has 0 N–H and O–H groups in total. The molecule has 0 atom stereocenters. The van der Waals surface area contributed by atoms with Gasteiger partial charge in [0.15, 0.2) is 0 Å². The van der Waals surface area contributed by atoms with E-state index in [1.807, 2.05) is 19.1 Å². The quantitative estimate of drug-likeness (QED) is 0.799. The molecule has 0 amide bonds. The monoisotopic (exact) mass is 341 g/mol. The fraction of sp³-hybridized carbons (Fsp3) is 0.308. The van der Waals surface area contributed by atoms with E-state index in [-0.39, 0.29) is 0 Å². The molecule has 100 valence electrons. The van der Waals surface area contributed by atoms with Crippen LogP contribution in [0.3, 0.4) is 0 Å². The van der Waals surface area contributed by atoms with Gasteiger partial charge >= 0.3 is 0 Å². The van der Waals surface area contributed by atoms with Gasteiger partial charge in [-0.2, -0.15) is 0 Å². The van der Waals surface area contributed by atoms with E-state index in [0.29, 0.717) is 23.3 Å². The molecule has 0 unspecified atom stereocenters. The van der Waals surface area contributed by atoms with Crippen LogP contribution in [0.5, 0.6) is 5.88 Å². The summed E-state index contributed by atoms with van der Waals surface area (Å²) in [5.74, 6) is 1.28. The molecular weight excluding hydrogens is 330 g/mol. The average molecular weight is 343 g/mol. The maximum Gasteiger partial charge on any atom is 0.212 e. The Balaban J connectivity index is 2.25. The van der Waals surface area contributed by atoms with Gasteiger partial charge in [0.05, 0.1) is 17.3 Å². The number of ether oxygens (including phenoxy) is 1. The summed E-state index contributed by atoms with van der Waals surface area (Å²) in [6.45, 7) is 2.03. The summed E-state index contributed by atoms with van der Waals surface area (Å²) < 4.78 is 5.79. The molecule has 0 aliphatic rings. The number of pyridine rings is 1. The Morgan fingerprint density at radius 1 is 1.32 bits per heavy atom. The normalized spacial score (nSPS) is 10.5. The molecule has 0 fully saturated rings. The van der Waals surface area contributed by atoms with Gasteiger partial charge in [0.25, 0.3) is 0 Å². The van der Waals surface area contributed by atoms with Crippen molar-refractivity contribution in [3.63, 3.8) is 0 Å². The predicted octanol–water partition coefficient (Wildman–Crippen LogP) is 3.45. The van der Waals surface area contributed by atoms with Crippen LogP contribution in [0.25, 0.3) is 0 Å². The molecule has 0 aromatic carbocycles. The summed E-state index contributed by atoms with van der Waals surface area (Å²) >= 11 is 9.47. The number of aryl methyl sites for hydroxylation is 1. The van der Waals surface area contributed by atoms with E-state index in [4.69, 9.17) is 16.3 Å². The first-order chi connectivity index (χ1) is 9.13. The van der Waals surface area contributed by atoms with Gasteiger partial charge in [0.1, 0.15) is 11.0 Å². The van der Waals surface area contributed by atoms with E-state index < -0.39 is 0 Å². The minimum Gasteiger partial charge on any atom is -0.481 e. The largest absolute Gasteiger partial charge is 0.481 e. The number of nitrogens with zero attached hydrogens (tertiary/aromatic N) is 3. The van der Waals surface area contributed by atoms with Crippen LogP contribution < -0.4 is 4.74 Å². The fourth-order valence-corrected chi connectivity index (χ4v) is 2.31. The lowest BCUT2D eigenvalue weighted by Gasteiger charge is -2.07. The zero-order valence-corrected chi connectivity index (χ0v) is 13.0. The van der Waals surface area contributed by atoms with Crippen molar-refractivity contribution in [1.29, 1.82) is 0 Å². The van der Waals surface area contributed by atoms with Gasteiger partial charge in [-0.1, -0.05) is 24.6 Å². The zero-order chi connectivity index (χ0) is 13.8. The summed E-state index contributed by atoms with van der Waals surface area (Å²) in [4.78, 5) is 12.9. The van der Waals surface area contributed by atoms with Crippen molar-refractivity contribution in [3.8, 4) is 5.88 Å². The molecular formula is C13H13BrClN3O. The van der Waals surface area contributed by atoms with Crippen LogP contribution in [0.4, 0.5) is 0 Å². The average Bonchev–Trinajstić information content (AvgIpc) is 2.43. The molecule has 2 aromatic heterocycles. The second-order valence-corrected chi connectivity index (χ2v) is 5.08. The highest BCUT2D eigenvalue weighted by Crippen LogP contribution is 2.24. The Kier molecular flexibility index (Phi) is 4.71. The third-order valence-corrected chi connectivity index (χ3v) is 3.96. The molecule has 0 aliphatic carbocycles. The van der Waals surface area contributed by atoms with Crippen molar-refractivity contribution in [1.82, 2.24) is 15.0 Å². The van der Waals surface area contributed by atoms with Crippen molar-refractivity contribution in [3.05, 3.63) is 45.0 Å². The van der Waals surface area contributed by atoms with E-state index in [2.05, 4.69) is 30.9 Å². The Bertz CT molecular complexity index is 575. The van der Waals surface area contributed by atoms with E-state index in [1.165, 1.54) is 0 Å². The summed E-state index contributed by atoms with van der Waals surface area (Å²) in [5.41, 5.74) is 1.93. The van der Waals surface area contributed by atoms with Gasteiger partial charge in [-0.15, -0.1) is 0 Å². The topological polar surface area (TPSA) is 47.9 Å². The number of rotatable bonds is 4. The first-order valence-electron chi connectivity index (χ1n) is 5.83. The third-order valence-electron chi connectivity index (χ3n) is 2.63. The summed E-state index contributed by atoms with van der Waals surface area (Å²) in [6, 6.07) is 3.76. The molecule has 0 radical (unpaired) electrons. The molecule has 2 rings (SSSR count). The third kappa shape index (κ3) is 3.42. The second-order valence-electron chi connectivity index (χ2n) is 3.93. The van der Waals surface area contributed by atoms with Crippen molar-refractivity contribution >= 4 is 27.5 Å². The molecule has 0 bridgehead atoms. The van der Waals surface area contributed by atoms with E-state index >= 15 is 0 Å². The molecule has 0 saturated heterocycles. The van der Waals surface area contributed by atoms with Crippen molar-refractivity contribution < 1.29 is 4.74 Å². The molecule has 0 saturated carbocycles. The van der Waals surface area contributed by atoms with Gasteiger partial charge in [-0.05, 0) is 27.9 Å². The first-order valence-corrected chi connectivity index (χ1v) is 7.00. The molecule has 0 spiro atoms. The van der Waals surface area contributed by atoms with Crippen molar-refractivity contribution in [2.45, 2.75) is 19.8 Å². The fourth-order valence-electron chi connectivity index (χ4n) is 1.64. The van der Waals surface area contributed by atoms with Crippen molar-refractivity contribution in [2.24, 2.45) is 0 Å². The molecule has 19 heavy (non-hydrogen) atoms. The highest BCUT2D eigenvalue weighted by molar-refractivity contribution is 9.10. The van der Waals surface area contributed by atoms with Crippen LogP contribution in [0.1, 0.15) is 24.0 Å². The Morgan fingerprint density at radius 3 is 2.68 bits per heavy atom. The molecule has 6 heteroatoms. The number of methoxy groups -OCH3 is 1. The molecule has 0 aliphatic heterocycles. The molecule has 2 heterocycles. The van der Waals surface area contributed by atoms with E-state index in [0.717, 1.165) is 22.2 Å². The van der Waals surface area contributed by atoms with Gasteiger partial charge in [-0.3, -0.25) is 0 Å². The van der Waals surface area contributed by atoms with E-state index in [1.54, 1.807) is 13.3 Å². The highest BCUT2D eigenvalue weighted by Gasteiger charge is 2.10. The predicted molar refractivity (Wildman–Crippen MR) is 77.7 cm³/mol. The first kappa shape index (κ1) is 14.2. The number of hydrogen-bond acceptors (Lipinski definition) is 4. The minimum atomic E-state index is 0.448. The lowest BCUT2D eigenvalue weighted by atomic mass is 10.2. The van der Waals surface area contributed by atoms with E-state index in [9.17, 15) is 0 Å². The summed E-state index contributed by atoms with van der Waals surface area (Å²) in [6.07, 6.45) is 3.15. The summed E-state index contributed by atoms with van der Waals surface area (Å²) in [5, 5.41) is 0.448. The standard InChI is InChI=1S/C13H13BrClN3O/c1-3-9-12(14)13(15)18-10(17-9)6-8-4-5-11(19-2)16-7-8/h4-5,7H,3,6H2,1-2H3. The molecule has 4 nitrogen and oxygen atoms in total. The zero-order valence-electron chi connectivity index (χ0n) is 10.7. The van der Waals surface area contributed by atoms with Gasteiger partial charge in [-0.25, -0.2) is 15.0 Å². The number of aromatic nitrogens is 3. The molecule has 2 aromatic rings. The van der Waals surface area contributed by atoms with Crippen LogP contribution in [0, 0.1) is 0 Å². The lowest BCUT2D eigenvalue weighted by Crippen LogP contribution is -2.02. The Morgan fingerprint density at radius 2 is 2.11 bits per heavy atom. The number of hydrogen-bond donors (Lipinski definition) is 0. The number of halogens is 2. The Hall–Kier alpha value is -1.20. The lowest BCUT2D eigenvalue weighted by molar-refractivity contribution is 0.397. The Labute approximate surface area is 125 Å². The summed E-state index contributed by atoms with van der Waals surface area (Å²) in [7, 11) is 1.59. The highest BCUT2D eigenvalue weighted by atomic mass is 79.9. The van der Waals surface area contributed by atoms with Crippen LogP contribution >= 0.6 is 27.5 Å². The minimum absolute atomic E-state index is 0.448. The van der Waals surface area contributed by atoms with Gasteiger partial charge in [0.2, 0.25) is 5.88 Å². The van der Waals surface area contributed by atoms with Crippen LogP contribution in [0.15, 0.2) is 22.8 Å². The van der Waals surface area contributed by atoms with Crippen LogP contribution in [-0.2, 0) is 12.8 Å². The SMILES string of the molecule is CCc1nc(Cc2ccc(OC)nc2)nc(Cl)c1Br. The van der Waals surface area contributed by atoms with Gasteiger partial charge in [0, 0.05) is 18.7 Å².